The Labute approximate surface area is 128 Å². The van der Waals surface area contributed by atoms with Crippen LogP contribution in [0.1, 0.15) is 0 Å². The summed E-state index contributed by atoms with van der Waals surface area (Å²) in [4.78, 5) is 9.16. The van der Waals surface area contributed by atoms with Crippen molar-refractivity contribution < 1.29 is 5.02 Å². The maximum atomic E-state index is 8.57. The van der Waals surface area contributed by atoms with E-state index in [2.05, 4.69) is 9.97 Å². The molecule has 1 radical (unpaired) electrons. The summed E-state index contributed by atoms with van der Waals surface area (Å²) in [5, 5.41) is 9.48. The van der Waals surface area contributed by atoms with Gasteiger partial charge in [0.2, 0.25) is 0 Å². The quantitative estimate of drug-likeness (QED) is 0.549. The first kappa shape index (κ1) is 15.4. The van der Waals surface area contributed by atoms with Gasteiger partial charge in [-0.25, -0.2) is 9.97 Å². The van der Waals surface area contributed by atoms with Crippen LogP contribution >= 0.6 is 11.8 Å². The van der Waals surface area contributed by atoms with Gasteiger partial charge in [-0.1, -0.05) is 17.6 Å². The van der Waals surface area contributed by atoms with Crippen LogP contribution in [0.15, 0.2) is 47.8 Å². The molecule has 21 heavy (non-hydrogen) atoms. The number of anilines is 1. The van der Waals surface area contributed by atoms with Gasteiger partial charge in [0.1, 0.15) is 17.8 Å². The van der Waals surface area contributed by atoms with Crippen LogP contribution in [-0.4, -0.2) is 33.3 Å². The molecule has 0 spiro atoms. The fourth-order valence-corrected chi connectivity index (χ4v) is 2.20. The molecule has 0 aliphatic carbocycles. The van der Waals surface area contributed by atoms with E-state index in [4.69, 9.17) is 10.8 Å². The number of nitrogen functional groups attached to an aromatic ring is 1. The number of nitrogens with zero attached hydrogens (tertiary/aromatic N) is 3. The van der Waals surface area contributed by atoms with Crippen molar-refractivity contribution in [3.05, 3.63) is 42.9 Å². The first-order chi connectivity index (χ1) is 10.2. The summed E-state index contributed by atoms with van der Waals surface area (Å²) in [6, 6.07) is 9.63. The van der Waals surface area contributed by atoms with Crippen LogP contribution in [-0.2, 0) is 7.05 Å². The topological polar surface area (TPSA) is 77.0 Å². The lowest BCUT2D eigenvalue weighted by atomic mass is 9.89. The lowest BCUT2D eigenvalue weighted by molar-refractivity contribution is 0.615. The predicted octanol–water partition coefficient (Wildman–Crippen LogP) is 1.20. The van der Waals surface area contributed by atoms with Crippen molar-refractivity contribution in [3.63, 3.8) is 0 Å². The van der Waals surface area contributed by atoms with E-state index in [9.17, 15) is 0 Å². The minimum absolute atomic E-state index is 0.538. The largest absolute Gasteiger partial charge is 0.450 e. The summed E-state index contributed by atoms with van der Waals surface area (Å²) in [6.45, 7) is 0. The van der Waals surface area contributed by atoms with Crippen LogP contribution in [0.4, 0.5) is 5.82 Å². The molecule has 0 aliphatic rings. The van der Waals surface area contributed by atoms with Gasteiger partial charge >= 0.3 is 7.48 Å². The zero-order chi connectivity index (χ0) is 15.2. The SMILES string of the molecule is CSc1ccc([B]O)cc1.Cn1ccc2c(N)ncnc21. The molecule has 3 N–H and O–H groups in total. The summed E-state index contributed by atoms with van der Waals surface area (Å²) >= 11 is 1.69. The van der Waals surface area contributed by atoms with E-state index < -0.39 is 0 Å². The molecule has 0 saturated heterocycles. The number of hydrogen-bond acceptors (Lipinski definition) is 5. The third kappa shape index (κ3) is 3.77. The van der Waals surface area contributed by atoms with E-state index in [1.165, 1.54) is 11.2 Å². The van der Waals surface area contributed by atoms with E-state index in [0.717, 1.165) is 24.0 Å². The Kier molecular flexibility index (Phi) is 5.24. The predicted molar refractivity (Wildman–Crippen MR) is 88.8 cm³/mol. The number of hydrogen-bond donors (Lipinski definition) is 2. The van der Waals surface area contributed by atoms with Gasteiger partial charge in [0.25, 0.3) is 0 Å². The summed E-state index contributed by atoms with van der Waals surface area (Å²) in [6.07, 6.45) is 5.41. The highest BCUT2D eigenvalue weighted by molar-refractivity contribution is 7.98. The summed E-state index contributed by atoms with van der Waals surface area (Å²) < 4.78 is 1.91. The third-order valence-electron chi connectivity index (χ3n) is 2.96. The van der Waals surface area contributed by atoms with Crippen LogP contribution in [0.3, 0.4) is 0 Å². The van der Waals surface area contributed by atoms with Crippen molar-refractivity contribution in [2.24, 2.45) is 7.05 Å². The average Bonchev–Trinajstić information content (AvgIpc) is 2.91. The molecular formula is C14H16BN4OS. The highest BCUT2D eigenvalue weighted by Gasteiger charge is 2.01. The smallest absolute Gasteiger partial charge is 0.326 e. The van der Waals surface area contributed by atoms with E-state index in [1.807, 2.05) is 54.4 Å². The monoisotopic (exact) mass is 299 g/mol. The van der Waals surface area contributed by atoms with Crippen molar-refractivity contribution in [3.8, 4) is 0 Å². The van der Waals surface area contributed by atoms with Crippen molar-refractivity contribution in [2.45, 2.75) is 4.90 Å². The molecule has 5 nitrogen and oxygen atoms in total. The molecule has 0 aliphatic heterocycles. The normalized spacial score (nSPS) is 10.0. The van der Waals surface area contributed by atoms with Crippen LogP contribution in [0.5, 0.6) is 0 Å². The minimum atomic E-state index is 0.538. The maximum Gasteiger partial charge on any atom is 0.326 e. The molecule has 0 unspecified atom stereocenters. The minimum Gasteiger partial charge on any atom is -0.450 e. The van der Waals surface area contributed by atoms with Crippen LogP contribution < -0.4 is 11.2 Å². The van der Waals surface area contributed by atoms with E-state index >= 15 is 0 Å². The molecule has 1 aromatic carbocycles. The molecule has 3 aromatic rings. The molecule has 0 amide bonds. The number of aromatic nitrogens is 3. The molecule has 3 rings (SSSR count). The second-order valence-electron chi connectivity index (χ2n) is 4.33. The Hall–Kier alpha value is -1.99. The maximum absolute atomic E-state index is 8.57. The molecule has 0 bridgehead atoms. The second kappa shape index (κ2) is 7.15. The van der Waals surface area contributed by atoms with Gasteiger partial charge < -0.3 is 15.3 Å². The number of aryl methyl sites for hydroxylation is 1. The lowest BCUT2D eigenvalue weighted by Gasteiger charge is -1.95. The molecular weight excluding hydrogens is 283 g/mol. The molecule has 7 heteroatoms. The van der Waals surface area contributed by atoms with Crippen molar-refractivity contribution in [1.82, 2.24) is 14.5 Å². The Morgan fingerprint density at radius 1 is 1.19 bits per heavy atom. The van der Waals surface area contributed by atoms with Crippen LogP contribution in [0, 0.1) is 0 Å². The number of rotatable bonds is 2. The number of thioether (sulfide) groups is 1. The number of fused-ring (bicyclic) bond motifs is 1. The van der Waals surface area contributed by atoms with Crippen molar-refractivity contribution in [1.29, 1.82) is 0 Å². The zero-order valence-electron chi connectivity index (χ0n) is 11.9. The van der Waals surface area contributed by atoms with Gasteiger partial charge in [-0.3, -0.25) is 0 Å². The number of benzene rings is 1. The highest BCUT2D eigenvalue weighted by Crippen LogP contribution is 2.15. The van der Waals surface area contributed by atoms with Crippen molar-refractivity contribution in [2.75, 3.05) is 12.0 Å². The summed E-state index contributed by atoms with van der Waals surface area (Å²) in [7, 11) is 3.03. The van der Waals surface area contributed by atoms with Gasteiger partial charge in [0.15, 0.2) is 0 Å². The fourth-order valence-electron chi connectivity index (χ4n) is 1.79. The van der Waals surface area contributed by atoms with Crippen molar-refractivity contribution >= 4 is 41.6 Å². The van der Waals surface area contributed by atoms with E-state index in [1.54, 1.807) is 11.8 Å². The third-order valence-corrected chi connectivity index (χ3v) is 3.70. The number of nitrogens with two attached hydrogens (primary N) is 1. The fraction of sp³-hybridized carbons (Fsp3) is 0.143. The molecule has 2 heterocycles. The molecule has 2 aromatic heterocycles. The molecule has 0 atom stereocenters. The van der Waals surface area contributed by atoms with E-state index in [0.29, 0.717) is 5.82 Å². The summed E-state index contributed by atoms with van der Waals surface area (Å²) in [5.41, 5.74) is 7.32. The van der Waals surface area contributed by atoms with Gasteiger partial charge in [0, 0.05) is 18.1 Å². The first-order valence-corrected chi connectivity index (χ1v) is 7.51. The first-order valence-electron chi connectivity index (χ1n) is 6.28. The molecule has 107 valence electrons. The Morgan fingerprint density at radius 3 is 2.48 bits per heavy atom. The Balaban J connectivity index is 0.000000155. The molecule has 0 fully saturated rings. The standard InChI is InChI=1S/C7H8BOS.C7H8N4/c1-10-7-4-2-6(8-9)3-5-7;1-11-3-2-5-6(8)9-4-10-7(5)11/h2-5,9H,1H3;2-4H,1H3,(H2,8,9,10). The second-order valence-corrected chi connectivity index (χ2v) is 5.20. The van der Waals surface area contributed by atoms with Gasteiger partial charge in [-0.05, 0) is 24.5 Å². The highest BCUT2D eigenvalue weighted by atomic mass is 32.2. The van der Waals surface area contributed by atoms with Crippen LogP contribution in [0.25, 0.3) is 11.0 Å². The van der Waals surface area contributed by atoms with Gasteiger partial charge in [-0.2, -0.15) is 0 Å². The van der Waals surface area contributed by atoms with E-state index in [-0.39, 0.29) is 0 Å². The summed E-state index contributed by atoms with van der Waals surface area (Å²) in [5.74, 6) is 0.538. The van der Waals surface area contributed by atoms with Crippen LogP contribution in [0.2, 0.25) is 0 Å². The Bertz CT molecular complexity index is 692. The lowest BCUT2D eigenvalue weighted by Crippen LogP contribution is -2.11. The zero-order valence-corrected chi connectivity index (χ0v) is 12.7. The molecule has 0 saturated carbocycles. The van der Waals surface area contributed by atoms with Gasteiger partial charge in [0.05, 0.1) is 5.39 Å². The average molecular weight is 299 g/mol. The van der Waals surface area contributed by atoms with Gasteiger partial charge in [-0.15, -0.1) is 11.8 Å². The Morgan fingerprint density at radius 2 is 1.90 bits per heavy atom.